The summed E-state index contributed by atoms with van der Waals surface area (Å²) in [4.78, 5) is 2.53. The van der Waals surface area contributed by atoms with Crippen molar-refractivity contribution in [3.63, 3.8) is 0 Å². The van der Waals surface area contributed by atoms with Crippen molar-refractivity contribution in [3.05, 3.63) is 0 Å². The fraction of sp³-hybridized carbons (Fsp3) is 1.00. The lowest BCUT2D eigenvalue weighted by Crippen LogP contribution is -2.48. The molecule has 1 N–H and O–H groups in total. The lowest BCUT2D eigenvalue weighted by Gasteiger charge is -2.38. The van der Waals surface area contributed by atoms with Gasteiger partial charge in [-0.2, -0.15) is 0 Å². The molecule has 88 valence electrons. The molecule has 0 aromatic heterocycles. The van der Waals surface area contributed by atoms with Gasteiger partial charge in [-0.25, -0.2) is 0 Å². The maximum absolute atomic E-state index is 5.69. The van der Waals surface area contributed by atoms with Crippen LogP contribution in [0.1, 0.15) is 33.1 Å². The van der Waals surface area contributed by atoms with Crippen LogP contribution in [0.25, 0.3) is 0 Å². The Morgan fingerprint density at radius 2 is 2.20 bits per heavy atom. The van der Waals surface area contributed by atoms with Crippen LogP contribution < -0.4 is 5.32 Å². The molecule has 0 aromatic carbocycles. The van der Waals surface area contributed by atoms with Crippen molar-refractivity contribution in [1.82, 2.24) is 10.2 Å². The molecule has 0 atom stereocenters. The third-order valence-corrected chi connectivity index (χ3v) is 3.17. The first-order valence-corrected chi connectivity index (χ1v) is 6.25. The summed E-state index contributed by atoms with van der Waals surface area (Å²) < 4.78 is 5.69. The summed E-state index contributed by atoms with van der Waals surface area (Å²) in [5, 5.41) is 3.56. The van der Waals surface area contributed by atoms with Crippen molar-refractivity contribution in [2.45, 2.75) is 44.8 Å². The van der Waals surface area contributed by atoms with Gasteiger partial charge in [-0.3, -0.25) is 4.90 Å². The van der Waals surface area contributed by atoms with Gasteiger partial charge in [-0.1, -0.05) is 0 Å². The van der Waals surface area contributed by atoms with Crippen LogP contribution in [0, 0.1) is 0 Å². The fourth-order valence-electron chi connectivity index (χ4n) is 2.20. The standard InChI is InChI=1S/C12H24N2O/c1-12(2)10-14(8-9-15-12)7-3-6-13-11-4-5-11/h11,13H,3-10H2,1-2H3. The zero-order valence-corrected chi connectivity index (χ0v) is 10.1. The monoisotopic (exact) mass is 212 g/mol. The van der Waals surface area contributed by atoms with Gasteiger partial charge in [-0.05, 0) is 46.2 Å². The van der Waals surface area contributed by atoms with E-state index in [-0.39, 0.29) is 5.60 Å². The molecule has 0 amide bonds. The Balaban J connectivity index is 1.57. The quantitative estimate of drug-likeness (QED) is 0.694. The average Bonchev–Trinajstić information content (AvgIpc) is 2.94. The molecule has 15 heavy (non-hydrogen) atoms. The van der Waals surface area contributed by atoms with Gasteiger partial charge in [0, 0.05) is 19.1 Å². The van der Waals surface area contributed by atoms with Gasteiger partial charge in [-0.15, -0.1) is 0 Å². The molecule has 1 aliphatic carbocycles. The predicted molar refractivity (Wildman–Crippen MR) is 62.1 cm³/mol. The normalized spacial score (nSPS) is 26.8. The Hall–Kier alpha value is -0.120. The summed E-state index contributed by atoms with van der Waals surface area (Å²) >= 11 is 0. The molecule has 3 nitrogen and oxygen atoms in total. The molecule has 1 heterocycles. The summed E-state index contributed by atoms with van der Waals surface area (Å²) in [5.41, 5.74) is 0.0577. The van der Waals surface area contributed by atoms with E-state index in [1.165, 1.54) is 32.4 Å². The van der Waals surface area contributed by atoms with E-state index in [0.29, 0.717) is 0 Å². The zero-order chi connectivity index (χ0) is 10.7. The van der Waals surface area contributed by atoms with Gasteiger partial charge < -0.3 is 10.1 Å². The molecule has 0 aromatic rings. The highest BCUT2D eigenvalue weighted by Gasteiger charge is 2.26. The summed E-state index contributed by atoms with van der Waals surface area (Å²) in [6.45, 7) is 9.84. The lowest BCUT2D eigenvalue weighted by atomic mass is 10.1. The molecule has 0 spiro atoms. The maximum atomic E-state index is 5.69. The summed E-state index contributed by atoms with van der Waals surface area (Å²) in [6.07, 6.45) is 4.06. The Labute approximate surface area is 93.2 Å². The molecule has 2 rings (SSSR count). The van der Waals surface area contributed by atoms with E-state index in [2.05, 4.69) is 24.1 Å². The Morgan fingerprint density at radius 3 is 2.87 bits per heavy atom. The maximum Gasteiger partial charge on any atom is 0.0753 e. The van der Waals surface area contributed by atoms with Crippen LogP contribution in [0.15, 0.2) is 0 Å². The second-order valence-corrected chi connectivity index (χ2v) is 5.47. The van der Waals surface area contributed by atoms with Crippen LogP contribution in [-0.4, -0.2) is 49.3 Å². The fourth-order valence-corrected chi connectivity index (χ4v) is 2.20. The van der Waals surface area contributed by atoms with Crippen molar-refractivity contribution in [2.75, 3.05) is 32.8 Å². The first-order valence-electron chi connectivity index (χ1n) is 6.25. The number of rotatable bonds is 5. The summed E-state index contributed by atoms with van der Waals surface area (Å²) in [6, 6.07) is 0.853. The third-order valence-electron chi connectivity index (χ3n) is 3.17. The SMILES string of the molecule is CC1(C)CN(CCCNC2CC2)CCO1. The van der Waals surface area contributed by atoms with E-state index in [9.17, 15) is 0 Å². The third kappa shape index (κ3) is 4.09. The zero-order valence-electron chi connectivity index (χ0n) is 10.1. The summed E-state index contributed by atoms with van der Waals surface area (Å²) in [5.74, 6) is 0. The minimum Gasteiger partial charge on any atom is -0.373 e. The number of nitrogens with zero attached hydrogens (tertiary/aromatic N) is 1. The first-order chi connectivity index (χ1) is 7.16. The van der Waals surface area contributed by atoms with Gasteiger partial charge in [0.05, 0.1) is 12.2 Å². The molecule has 1 saturated carbocycles. The van der Waals surface area contributed by atoms with Crippen LogP contribution in [0.4, 0.5) is 0 Å². The second kappa shape index (κ2) is 4.81. The highest BCUT2D eigenvalue weighted by molar-refractivity contribution is 4.82. The predicted octanol–water partition coefficient (Wildman–Crippen LogP) is 1.24. The van der Waals surface area contributed by atoms with E-state index in [0.717, 1.165) is 25.7 Å². The van der Waals surface area contributed by atoms with Crippen LogP contribution >= 0.6 is 0 Å². The topological polar surface area (TPSA) is 24.5 Å². The number of ether oxygens (including phenoxy) is 1. The molecule has 2 fully saturated rings. The van der Waals surface area contributed by atoms with E-state index >= 15 is 0 Å². The molecular weight excluding hydrogens is 188 g/mol. The van der Waals surface area contributed by atoms with Gasteiger partial charge in [0.15, 0.2) is 0 Å². The van der Waals surface area contributed by atoms with Gasteiger partial charge in [0.2, 0.25) is 0 Å². The van der Waals surface area contributed by atoms with Crippen LogP contribution in [0.3, 0.4) is 0 Å². The molecule has 0 bridgehead atoms. The van der Waals surface area contributed by atoms with E-state index in [1.807, 2.05) is 0 Å². The van der Waals surface area contributed by atoms with Crippen molar-refractivity contribution in [1.29, 1.82) is 0 Å². The minimum atomic E-state index is 0.0577. The lowest BCUT2D eigenvalue weighted by molar-refractivity contribution is -0.0859. The van der Waals surface area contributed by atoms with Gasteiger partial charge >= 0.3 is 0 Å². The number of hydrogen-bond acceptors (Lipinski definition) is 3. The molecule has 0 unspecified atom stereocenters. The average molecular weight is 212 g/mol. The number of hydrogen-bond donors (Lipinski definition) is 1. The Bertz CT molecular complexity index is 202. The van der Waals surface area contributed by atoms with Crippen molar-refractivity contribution in [3.8, 4) is 0 Å². The molecule has 1 aliphatic heterocycles. The number of nitrogens with one attached hydrogen (secondary N) is 1. The molecule has 1 saturated heterocycles. The Kier molecular flexibility index (Phi) is 3.65. The highest BCUT2D eigenvalue weighted by Crippen LogP contribution is 2.19. The molecule has 2 aliphatic rings. The minimum absolute atomic E-state index is 0.0577. The van der Waals surface area contributed by atoms with Gasteiger partial charge in [0.25, 0.3) is 0 Å². The smallest absolute Gasteiger partial charge is 0.0753 e. The van der Waals surface area contributed by atoms with E-state index in [4.69, 9.17) is 4.74 Å². The summed E-state index contributed by atoms with van der Waals surface area (Å²) in [7, 11) is 0. The molecule has 0 radical (unpaired) electrons. The largest absolute Gasteiger partial charge is 0.373 e. The first kappa shape index (κ1) is 11.4. The molecular formula is C12H24N2O. The van der Waals surface area contributed by atoms with Crippen LogP contribution in [-0.2, 0) is 4.74 Å². The Morgan fingerprint density at radius 1 is 1.40 bits per heavy atom. The number of morpholine rings is 1. The van der Waals surface area contributed by atoms with Crippen molar-refractivity contribution in [2.24, 2.45) is 0 Å². The molecule has 3 heteroatoms. The van der Waals surface area contributed by atoms with Crippen LogP contribution in [0.5, 0.6) is 0 Å². The van der Waals surface area contributed by atoms with Crippen LogP contribution in [0.2, 0.25) is 0 Å². The van der Waals surface area contributed by atoms with Crippen molar-refractivity contribution < 1.29 is 4.74 Å². The van der Waals surface area contributed by atoms with E-state index in [1.54, 1.807) is 0 Å². The van der Waals surface area contributed by atoms with E-state index < -0.39 is 0 Å². The van der Waals surface area contributed by atoms with Crippen molar-refractivity contribution >= 4 is 0 Å². The highest BCUT2D eigenvalue weighted by atomic mass is 16.5. The van der Waals surface area contributed by atoms with Gasteiger partial charge in [0.1, 0.15) is 0 Å². The second-order valence-electron chi connectivity index (χ2n) is 5.47.